The molecular formula is C21H32N4O. The summed E-state index contributed by atoms with van der Waals surface area (Å²) in [5.74, 6) is 0.707. The molecule has 2 aromatic heterocycles. The van der Waals surface area contributed by atoms with Gasteiger partial charge in [0.25, 0.3) is 0 Å². The lowest BCUT2D eigenvalue weighted by Crippen LogP contribution is -2.44. The van der Waals surface area contributed by atoms with Crippen molar-refractivity contribution in [2.24, 2.45) is 18.4 Å². The molecule has 1 aliphatic carbocycles. The summed E-state index contributed by atoms with van der Waals surface area (Å²) in [5.41, 5.74) is 2.86. The molecule has 0 atom stereocenters. The van der Waals surface area contributed by atoms with Crippen molar-refractivity contribution in [2.75, 3.05) is 6.54 Å². The van der Waals surface area contributed by atoms with Crippen molar-refractivity contribution in [1.29, 1.82) is 0 Å². The van der Waals surface area contributed by atoms with Crippen LogP contribution in [0.5, 0.6) is 0 Å². The number of rotatable bonds is 5. The first-order valence-electron chi connectivity index (χ1n) is 9.63. The van der Waals surface area contributed by atoms with Crippen LogP contribution in [0.3, 0.4) is 0 Å². The molecule has 0 amide bonds. The molecule has 0 unspecified atom stereocenters. The Morgan fingerprint density at radius 1 is 1.31 bits per heavy atom. The molecule has 3 rings (SSSR count). The third kappa shape index (κ3) is 4.51. The van der Waals surface area contributed by atoms with Gasteiger partial charge in [-0.15, -0.1) is 0 Å². The molecule has 0 aliphatic heterocycles. The molecule has 0 spiro atoms. The first kappa shape index (κ1) is 19.1. The summed E-state index contributed by atoms with van der Waals surface area (Å²) < 4.78 is 1.84. The number of aryl methyl sites for hydroxylation is 1. The van der Waals surface area contributed by atoms with Crippen LogP contribution in [0.2, 0.25) is 0 Å². The van der Waals surface area contributed by atoms with E-state index in [9.17, 15) is 5.11 Å². The molecule has 1 fully saturated rings. The van der Waals surface area contributed by atoms with Gasteiger partial charge in [0.05, 0.1) is 11.3 Å². The fourth-order valence-corrected chi connectivity index (χ4v) is 4.04. The van der Waals surface area contributed by atoms with Crippen LogP contribution >= 0.6 is 0 Å². The van der Waals surface area contributed by atoms with Crippen molar-refractivity contribution in [1.82, 2.24) is 20.1 Å². The monoisotopic (exact) mass is 356 g/mol. The molecule has 1 saturated carbocycles. The maximum atomic E-state index is 10.9. The van der Waals surface area contributed by atoms with Crippen LogP contribution in [-0.4, -0.2) is 32.0 Å². The highest BCUT2D eigenvalue weighted by atomic mass is 16.3. The predicted molar refractivity (Wildman–Crippen MR) is 105 cm³/mol. The van der Waals surface area contributed by atoms with Crippen LogP contribution in [0.25, 0.3) is 11.3 Å². The van der Waals surface area contributed by atoms with Gasteiger partial charge in [0.15, 0.2) is 0 Å². The molecular weight excluding hydrogens is 324 g/mol. The minimum atomic E-state index is -0.585. The Morgan fingerprint density at radius 3 is 2.65 bits per heavy atom. The van der Waals surface area contributed by atoms with Gasteiger partial charge in [-0.05, 0) is 49.1 Å². The number of pyridine rings is 1. The van der Waals surface area contributed by atoms with E-state index in [2.05, 4.69) is 36.2 Å². The van der Waals surface area contributed by atoms with Crippen molar-refractivity contribution in [3.63, 3.8) is 0 Å². The molecule has 0 radical (unpaired) electrons. The largest absolute Gasteiger partial charge is 0.389 e. The summed E-state index contributed by atoms with van der Waals surface area (Å²) in [5, 5.41) is 19.0. The molecule has 0 aromatic carbocycles. The molecule has 26 heavy (non-hydrogen) atoms. The molecule has 0 bridgehead atoms. The van der Waals surface area contributed by atoms with E-state index < -0.39 is 5.60 Å². The maximum absolute atomic E-state index is 10.9. The van der Waals surface area contributed by atoms with Crippen molar-refractivity contribution in [3.8, 4) is 11.3 Å². The summed E-state index contributed by atoms with van der Waals surface area (Å²) in [4.78, 5) is 4.19. The van der Waals surface area contributed by atoms with Gasteiger partial charge in [-0.1, -0.05) is 20.8 Å². The van der Waals surface area contributed by atoms with Crippen LogP contribution in [0, 0.1) is 11.3 Å². The summed E-state index contributed by atoms with van der Waals surface area (Å²) in [7, 11) is 1.94. The average Bonchev–Trinajstić information content (AvgIpc) is 2.96. The second-order valence-electron chi connectivity index (χ2n) is 8.89. The Bertz CT molecular complexity index is 709. The lowest BCUT2D eigenvalue weighted by Gasteiger charge is -2.41. The smallest absolute Gasteiger partial charge is 0.0983 e. The zero-order valence-corrected chi connectivity index (χ0v) is 16.5. The van der Waals surface area contributed by atoms with Gasteiger partial charge in [0, 0.05) is 49.9 Å². The normalized spacial score (nSPS) is 24.0. The number of nitrogens with zero attached hydrogens (tertiary/aromatic N) is 3. The van der Waals surface area contributed by atoms with E-state index >= 15 is 0 Å². The summed E-state index contributed by atoms with van der Waals surface area (Å²) >= 11 is 0. The highest BCUT2D eigenvalue weighted by Gasteiger charge is 2.37. The van der Waals surface area contributed by atoms with Gasteiger partial charge < -0.3 is 10.4 Å². The van der Waals surface area contributed by atoms with Gasteiger partial charge in [-0.2, -0.15) is 5.10 Å². The third-order valence-corrected chi connectivity index (χ3v) is 5.75. The van der Waals surface area contributed by atoms with Crippen molar-refractivity contribution in [3.05, 3.63) is 36.3 Å². The van der Waals surface area contributed by atoms with E-state index in [1.165, 1.54) is 0 Å². The predicted octanol–water partition coefficient (Wildman–Crippen LogP) is 3.54. The Hall–Kier alpha value is -1.72. The highest BCUT2D eigenvalue weighted by molar-refractivity contribution is 5.61. The zero-order chi connectivity index (χ0) is 18.8. The van der Waals surface area contributed by atoms with Crippen LogP contribution in [-0.2, 0) is 13.6 Å². The molecule has 2 aromatic rings. The first-order chi connectivity index (χ1) is 12.3. The second kappa shape index (κ2) is 7.49. The van der Waals surface area contributed by atoms with Crippen LogP contribution < -0.4 is 5.32 Å². The minimum absolute atomic E-state index is 0.336. The number of aliphatic hydroxyl groups is 1. The number of nitrogens with one attached hydrogen (secondary N) is 1. The standard InChI is InChI=1S/C21H32N4O/c1-20(2,3)18-7-9-21(26,10-8-18)15-23-13-17-14-25(4)24-19(17)16-6-5-11-22-12-16/h5-6,11-12,14,18,23,26H,7-10,13,15H2,1-4H3. The fraction of sp³-hybridized carbons (Fsp3) is 0.619. The molecule has 142 valence electrons. The quantitative estimate of drug-likeness (QED) is 0.860. The van der Waals surface area contributed by atoms with Crippen LogP contribution in [0.1, 0.15) is 52.0 Å². The van der Waals surface area contributed by atoms with Gasteiger partial charge >= 0.3 is 0 Å². The number of hydrogen-bond donors (Lipinski definition) is 2. The molecule has 5 nitrogen and oxygen atoms in total. The molecule has 2 N–H and O–H groups in total. The Balaban J connectivity index is 1.58. The first-order valence-corrected chi connectivity index (χ1v) is 9.63. The second-order valence-corrected chi connectivity index (χ2v) is 8.89. The number of hydrogen-bond acceptors (Lipinski definition) is 4. The van der Waals surface area contributed by atoms with Crippen molar-refractivity contribution in [2.45, 2.75) is 58.6 Å². The summed E-state index contributed by atoms with van der Waals surface area (Å²) in [6, 6.07) is 3.96. The van der Waals surface area contributed by atoms with E-state index in [4.69, 9.17) is 0 Å². The minimum Gasteiger partial charge on any atom is -0.389 e. The van der Waals surface area contributed by atoms with Crippen LogP contribution in [0.4, 0.5) is 0 Å². The van der Waals surface area contributed by atoms with Crippen LogP contribution in [0.15, 0.2) is 30.7 Å². The van der Waals surface area contributed by atoms with Gasteiger partial charge in [0.1, 0.15) is 0 Å². The Morgan fingerprint density at radius 2 is 2.04 bits per heavy atom. The van der Waals surface area contributed by atoms with Crippen molar-refractivity contribution >= 4 is 0 Å². The highest BCUT2D eigenvalue weighted by Crippen LogP contribution is 2.41. The van der Waals surface area contributed by atoms with E-state index in [1.54, 1.807) is 6.20 Å². The van der Waals surface area contributed by atoms with E-state index in [0.717, 1.165) is 42.5 Å². The van der Waals surface area contributed by atoms with Gasteiger partial charge in [-0.25, -0.2) is 0 Å². The molecule has 1 aliphatic rings. The third-order valence-electron chi connectivity index (χ3n) is 5.75. The van der Waals surface area contributed by atoms with Crippen molar-refractivity contribution < 1.29 is 5.11 Å². The Kier molecular flexibility index (Phi) is 5.49. The summed E-state index contributed by atoms with van der Waals surface area (Å²) in [6.45, 7) is 8.25. The SMILES string of the molecule is Cn1cc(CNCC2(O)CCC(C(C)(C)C)CC2)c(-c2cccnc2)n1. The molecule has 2 heterocycles. The lowest BCUT2D eigenvalue weighted by atomic mass is 9.68. The van der Waals surface area contributed by atoms with E-state index in [-0.39, 0.29) is 0 Å². The zero-order valence-electron chi connectivity index (χ0n) is 16.5. The molecule has 5 heteroatoms. The number of aromatic nitrogens is 3. The average molecular weight is 357 g/mol. The van der Waals surface area contributed by atoms with Gasteiger partial charge in [-0.3, -0.25) is 9.67 Å². The Labute approximate surface area is 156 Å². The maximum Gasteiger partial charge on any atom is 0.0983 e. The molecule has 0 saturated heterocycles. The topological polar surface area (TPSA) is 63.0 Å². The van der Waals surface area contributed by atoms with E-state index in [0.29, 0.717) is 24.4 Å². The van der Waals surface area contributed by atoms with Gasteiger partial charge in [0.2, 0.25) is 0 Å². The van der Waals surface area contributed by atoms with E-state index in [1.807, 2.05) is 36.3 Å². The lowest BCUT2D eigenvalue weighted by molar-refractivity contribution is -0.0239. The summed E-state index contributed by atoms with van der Waals surface area (Å²) in [6.07, 6.45) is 9.62. The fourth-order valence-electron chi connectivity index (χ4n) is 4.04.